The summed E-state index contributed by atoms with van der Waals surface area (Å²) in [5, 5.41) is 3.07. The van der Waals surface area contributed by atoms with Crippen LogP contribution in [0.2, 0.25) is 0 Å². The van der Waals surface area contributed by atoms with Gasteiger partial charge in [0.25, 0.3) is 15.9 Å². The number of anilines is 1. The standard InChI is InChI=1S/C25H28N2O3S/c1-5-23(20-13-11-17(2)19(4)15-20)26-25(28)21-14-12-18(3)24(16-21)27-31(29,30)22-9-7-6-8-10-22/h6-16,23,27H,5H2,1-4H3,(H,26,28)/t23-/m0/s1. The third-order valence-corrected chi connectivity index (χ3v) is 6.83. The van der Waals surface area contributed by atoms with Crippen molar-refractivity contribution in [1.82, 2.24) is 5.32 Å². The van der Waals surface area contributed by atoms with E-state index < -0.39 is 10.0 Å². The van der Waals surface area contributed by atoms with Gasteiger partial charge in [0.05, 0.1) is 16.6 Å². The van der Waals surface area contributed by atoms with E-state index in [9.17, 15) is 13.2 Å². The zero-order valence-electron chi connectivity index (χ0n) is 18.3. The van der Waals surface area contributed by atoms with Gasteiger partial charge in [0.2, 0.25) is 0 Å². The van der Waals surface area contributed by atoms with Crippen molar-refractivity contribution in [3.63, 3.8) is 0 Å². The van der Waals surface area contributed by atoms with E-state index in [1.807, 2.05) is 13.0 Å². The fraction of sp³-hybridized carbons (Fsp3) is 0.240. The predicted octanol–water partition coefficient (Wildman–Crippen LogP) is 5.29. The summed E-state index contributed by atoms with van der Waals surface area (Å²) >= 11 is 0. The molecule has 0 aliphatic rings. The molecule has 1 amide bonds. The lowest BCUT2D eigenvalue weighted by Crippen LogP contribution is -2.28. The molecule has 0 saturated heterocycles. The Morgan fingerprint density at radius 3 is 2.19 bits per heavy atom. The Balaban J connectivity index is 1.83. The number of hydrogen-bond donors (Lipinski definition) is 2. The third kappa shape index (κ3) is 5.33. The van der Waals surface area contributed by atoms with Gasteiger partial charge in [-0.2, -0.15) is 0 Å². The van der Waals surface area contributed by atoms with Crippen molar-refractivity contribution in [3.05, 3.63) is 94.5 Å². The maximum Gasteiger partial charge on any atom is 0.261 e. The fourth-order valence-corrected chi connectivity index (χ4v) is 4.46. The Morgan fingerprint density at radius 1 is 0.871 bits per heavy atom. The molecule has 0 unspecified atom stereocenters. The molecule has 0 bridgehead atoms. The molecule has 0 saturated carbocycles. The number of rotatable bonds is 7. The summed E-state index contributed by atoms with van der Waals surface area (Å²) in [6.45, 7) is 7.94. The van der Waals surface area contributed by atoms with Crippen LogP contribution >= 0.6 is 0 Å². The summed E-state index contributed by atoms with van der Waals surface area (Å²) < 4.78 is 28.0. The molecule has 3 aromatic carbocycles. The van der Waals surface area contributed by atoms with Gasteiger partial charge in [-0.05, 0) is 73.7 Å². The number of carbonyl (C=O) groups is 1. The third-order valence-electron chi connectivity index (χ3n) is 5.44. The van der Waals surface area contributed by atoms with Crippen LogP contribution in [-0.2, 0) is 10.0 Å². The average molecular weight is 437 g/mol. The Labute approximate surface area is 184 Å². The topological polar surface area (TPSA) is 75.3 Å². The van der Waals surface area contributed by atoms with Crippen molar-refractivity contribution in [3.8, 4) is 0 Å². The monoisotopic (exact) mass is 436 g/mol. The Kier molecular flexibility index (Phi) is 6.81. The van der Waals surface area contributed by atoms with E-state index in [-0.39, 0.29) is 16.8 Å². The molecule has 0 fully saturated rings. The minimum absolute atomic E-state index is 0.127. The molecular weight excluding hydrogens is 408 g/mol. The zero-order chi connectivity index (χ0) is 22.6. The largest absolute Gasteiger partial charge is 0.345 e. The van der Waals surface area contributed by atoms with Crippen LogP contribution < -0.4 is 10.0 Å². The lowest BCUT2D eigenvalue weighted by Gasteiger charge is -2.19. The second-order valence-corrected chi connectivity index (χ2v) is 9.41. The van der Waals surface area contributed by atoms with Crippen LogP contribution in [0, 0.1) is 20.8 Å². The lowest BCUT2D eigenvalue weighted by atomic mass is 9.99. The predicted molar refractivity (Wildman–Crippen MR) is 125 cm³/mol. The highest BCUT2D eigenvalue weighted by Crippen LogP contribution is 2.23. The maximum atomic E-state index is 12.9. The molecule has 3 rings (SSSR count). The van der Waals surface area contributed by atoms with Gasteiger partial charge in [0, 0.05) is 5.56 Å². The molecule has 0 aliphatic carbocycles. The van der Waals surface area contributed by atoms with E-state index in [0.29, 0.717) is 11.3 Å². The first-order valence-corrected chi connectivity index (χ1v) is 11.8. The summed E-state index contributed by atoms with van der Waals surface area (Å²) in [7, 11) is -3.74. The summed E-state index contributed by atoms with van der Waals surface area (Å²) in [4.78, 5) is 13.1. The minimum Gasteiger partial charge on any atom is -0.345 e. The quantitative estimate of drug-likeness (QED) is 0.528. The number of sulfonamides is 1. The van der Waals surface area contributed by atoms with Gasteiger partial charge in [-0.15, -0.1) is 0 Å². The number of amides is 1. The molecule has 0 heterocycles. The normalized spacial score (nSPS) is 12.3. The Bertz CT molecular complexity index is 1190. The molecule has 5 nitrogen and oxygen atoms in total. The number of aryl methyl sites for hydroxylation is 3. The van der Waals surface area contributed by atoms with Gasteiger partial charge >= 0.3 is 0 Å². The zero-order valence-corrected chi connectivity index (χ0v) is 19.1. The molecule has 2 N–H and O–H groups in total. The van der Waals surface area contributed by atoms with Gasteiger partial charge in [0.15, 0.2) is 0 Å². The van der Waals surface area contributed by atoms with E-state index in [4.69, 9.17) is 0 Å². The summed E-state index contributed by atoms with van der Waals surface area (Å²) in [5.41, 5.74) is 4.96. The molecule has 0 radical (unpaired) electrons. The fourth-order valence-electron chi connectivity index (χ4n) is 3.32. The number of carbonyl (C=O) groups excluding carboxylic acids is 1. The second kappa shape index (κ2) is 9.35. The second-order valence-electron chi connectivity index (χ2n) is 7.73. The summed E-state index contributed by atoms with van der Waals surface area (Å²) in [6.07, 6.45) is 0.744. The SMILES string of the molecule is CC[C@H](NC(=O)c1ccc(C)c(NS(=O)(=O)c2ccccc2)c1)c1ccc(C)c(C)c1. The van der Waals surface area contributed by atoms with Crippen LogP contribution in [0.25, 0.3) is 0 Å². The van der Waals surface area contributed by atoms with Crippen molar-refractivity contribution >= 4 is 21.6 Å². The first-order chi connectivity index (χ1) is 14.7. The van der Waals surface area contributed by atoms with Gasteiger partial charge in [0.1, 0.15) is 0 Å². The molecule has 0 spiro atoms. The number of benzene rings is 3. The summed E-state index contributed by atoms with van der Waals surface area (Å²) in [5.74, 6) is -0.245. The van der Waals surface area contributed by atoms with Crippen LogP contribution in [-0.4, -0.2) is 14.3 Å². The highest BCUT2D eigenvalue weighted by molar-refractivity contribution is 7.92. The number of nitrogens with one attached hydrogen (secondary N) is 2. The van der Waals surface area contributed by atoms with Crippen molar-refractivity contribution < 1.29 is 13.2 Å². The van der Waals surface area contributed by atoms with E-state index >= 15 is 0 Å². The average Bonchev–Trinajstić information content (AvgIpc) is 2.76. The van der Waals surface area contributed by atoms with Crippen LogP contribution in [0.1, 0.15) is 52.0 Å². The Hall–Kier alpha value is -3.12. The molecule has 0 aromatic heterocycles. The maximum absolute atomic E-state index is 12.9. The van der Waals surface area contributed by atoms with E-state index in [2.05, 4.69) is 36.0 Å². The molecule has 0 aliphatic heterocycles. The first kappa shape index (κ1) is 22.6. The Morgan fingerprint density at radius 2 is 1.55 bits per heavy atom. The van der Waals surface area contributed by atoms with Gasteiger partial charge < -0.3 is 5.32 Å². The molecule has 162 valence electrons. The van der Waals surface area contributed by atoms with Crippen LogP contribution in [0.5, 0.6) is 0 Å². The van der Waals surface area contributed by atoms with Crippen molar-refractivity contribution in [2.24, 2.45) is 0 Å². The lowest BCUT2D eigenvalue weighted by molar-refractivity contribution is 0.0935. The smallest absolute Gasteiger partial charge is 0.261 e. The highest BCUT2D eigenvalue weighted by Gasteiger charge is 2.18. The van der Waals surface area contributed by atoms with Crippen molar-refractivity contribution in [2.45, 2.75) is 45.1 Å². The molecular formula is C25H28N2O3S. The van der Waals surface area contributed by atoms with E-state index in [1.165, 1.54) is 23.3 Å². The van der Waals surface area contributed by atoms with Crippen LogP contribution in [0.3, 0.4) is 0 Å². The van der Waals surface area contributed by atoms with E-state index in [1.54, 1.807) is 43.3 Å². The minimum atomic E-state index is -3.74. The highest BCUT2D eigenvalue weighted by atomic mass is 32.2. The number of hydrogen-bond acceptors (Lipinski definition) is 3. The molecule has 31 heavy (non-hydrogen) atoms. The van der Waals surface area contributed by atoms with Crippen LogP contribution in [0.4, 0.5) is 5.69 Å². The van der Waals surface area contributed by atoms with Crippen molar-refractivity contribution in [1.29, 1.82) is 0 Å². The molecule has 6 heteroatoms. The van der Waals surface area contributed by atoms with Gasteiger partial charge in [-0.25, -0.2) is 8.42 Å². The van der Waals surface area contributed by atoms with Crippen molar-refractivity contribution in [2.75, 3.05) is 4.72 Å². The first-order valence-electron chi connectivity index (χ1n) is 10.3. The summed E-state index contributed by atoms with van der Waals surface area (Å²) in [6, 6.07) is 19.3. The molecule has 3 aromatic rings. The van der Waals surface area contributed by atoms with Gasteiger partial charge in [-0.1, -0.05) is 49.4 Å². The van der Waals surface area contributed by atoms with Gasteiger partial charge in [-0.3, -0.25) is 9.52 Å². The van der Waals surface area contributed by atoms with E-state index in [0.717, 1.165) is 17.5 Å². The molecule has 1 atom stereocenters. The van der Waals surface area contributed by atoms with Crippen LogP contribution in [0.15, 0.2) is 71.6 Å².